The molecule has 6 heteroatoms. The molecule has 0 saturated heterocycles. The van der Waals surface area contributed by atoms with Gasteiger partial charge in [0.25, 0.3) is 5.19 Å². The first-order valence-corrected chi connectivity index (χ1v) is 5.70. The van der Waals surface area contributed by atoms with Gasteiger partial charge < -0.3 is 9.47 Å². The van der Waals surface area contributed by atoms with Crippen molar-refractivity contribution in [2.45, 2.75) is 0 Å². The molecule has 78 valence electrons. The summed E-state index contributed by atoms with van der Waals surface area (Å²) < 4.78 is 11.2. The first-order valence-electron chi connectivity index (χ1n) is 4.09. The molecule has 4 nitrogen and oxygen atoms in total. The van der Waals surface area contributed by atoms with E-state index in [4.69, 9.17) is 9.47 Å². The molecule has 0 N–H and O–H groups in total. The Labute approximate surface area is 99.0 Å². The molecule has 0 aliphatic heterocycles. The van der Waals surface area contributed by atoms with Gasteiger partial charge in [-0.2, -0.15) is 0 Å². The Morgan fingerprint density at radius 2 is 1.80 bits per heavy atom. The summed E-state index contributed by atoms with van der Waals surface area (Å²) >= 11 is 4.55. The van der Waals surface area contributed by atoms with Crippen molar-refractivity contribution in [1.82, 2.24) is 10.2 Å². The van der Waals surface area contributed by atoms with Gasteiger partial charge in [-0.1, -0.05) is 5.10 Å². The van der Waals surface area contributed by atoms with Crippen molar-refractivity contribution < 1.29 is 9.47 Å². The van der Waals surface area contributed by atoms with Crippen LogP contribution in [0.2, 0.25) is 0 Å². The van der Waals surface area contributed by atoms with Gasteiger partial charge in [-0.25, -0.2) is 0 Å². The van der Waals surface area contributed by atoms with Gasteiger partial charge >= 0.3 is 0 Å². The van der Waals surface area contributed by atoms with E-state index in [1.165, 1.54) is 11.3 Å². The minimum absolute atomic E-state index is 0.507. The second-order valence-corrected chi connectivity index (χ2v) is 4.81. The highest BCUT2D eigenvalue weighted by Crippen LogP contribution is 2.28. The van der Waals surface area contributed by atoms with Crippen molar-refractivity contribution in [2.75, 3.05) is 7.11 Å². The van der Waals surface area contributed by atoms with Gasteiger partial charge in [0.15, 0.2) is 3.92 Å². The van der Waals surface area contributed by atoms with Crippen LogP contribution in [-0.4, -0.2) is 17.3 Å². The summed E-state index contributed by atoms with van der Waals surface area (Å²) in [6.07, 6.45) is 0. The molecule has 1 aromatic heterocycles. The smallest absolute Gasteiger partial charge is 0.300 e. The van der Waals surface area contributed by atoms with Gasteiger partial charge in [0.1, 0.15) is 11.5 Å². The molecule has 1 heterocycles. The second-order valence-electron chi connectivity index (χ2n) is 2.60. The van der Waals surface area contributed by atoms with Crippen LogP contribution in [-0.2, 0) is 0 Å². The average Bonchev–Trinajstić information content (AvgIpc) is 2.65. The van der Waals surface area contributed by atoms with Crippen molar-refractivity contribution in [1.29, 1.82) is 0 Å². The number of halogens is 1. The van der Waals surface area contributed by atoms with Gasteiger partial charge in [0, 0.05) is 0 Å². The van der Waals surface area contributed by atoms with E-state index in [0.29, 0.717) is 14.9 Å². The molecule has 0 fully saturated rings. The maximum atomic E-state index is 5.46. The Morgan fingerprint density at radius 3 is 2.33 bits per heavy atom. The fourth-order valence-corrected chi connectivity index (χ4v) is 1.92. The zero-order valence-electron chi connectivity index (χ0n) is 7.81. The van der Waals surface area contributed by atoms with E-state index < -0.39 is 0 Å². The number of nitrogens with zero attached hydrogens (tertiary/aromatic N) is 2. The molecule has 0 atom stereocenters. The molecule has 0 amide bonds. The molecule has 2 aromatic rings. The highest BCUT2D eigenvalue weighted by Gasteiger charge is 2.03. The van der Waals surface area contributed by atoms with Crippen molar-refractivity contribution >= 4 is 27.3 Å². The maximum absolute atomic E-state index is 5.46. The molecule has 0 aliphatic rings. The third-order valence-electron chi connectivity index (χ3n) is 1.65. The van der Waals surface area contributed by atoms with Gasteiger partial charge in [-0.05, 0) is 51.5 Å². The third-order valence-corrected chi connectivity index (χ3v) is 2.88. The summed E-state index contributed by atoms with van der Waals surface area (Å²) in [6, 6.07) is 7.28. The number of ether oxygens (including phenoxy) is 2. The Bertz CT molecular complexity index is 444. The number of benzene rings is 1. The maximum Gasteiger partial charge on any atom is 0.300 e. The van der Waals surface area contributed by atoms with Crippen molar-refractivity contribution in [3.8, 4) is 16.7 Å². The molecule has 0 unspecified atom stereocenters. The quantitative estimate of drug-likeness (QED) is 0.870. The molecule has 0 saturated carbocycles. The number of aromatic nitrogens is 2. The molecule has 0 bridgehead atoms. The molecular weight excluding hydrogens is 280 g/mol. The first-order chi connectivity index (χ1) is 7.28. The lowest BCUT2D eigenvalue weighted by Gasteiger charge is -2.02. The Balaban J connectivity index is 2.11. The van der Waals surface area contributed by atoms with Crippen LogP contribution in [0.5, 0.6) is 16.7 Å². The van der Waals surface area contributed by atoms with E-state index >= 15 is 0 Å². The fourth-order valence-electron chi connectivity index (χ4n) is 0.979. The minimum Gasteiger partial charge on any atom is -0.497 e. The SMILES string of the molecule is COc1ccc(Oc2nnc(Br)s2)cc1. The molecule has 0 radical (unpaired) electrons. The van der Waals surface area contributed by atoms with E-state index in [1.807, 2.05) is 24.3 Å². The highest BCUT2D eigenvalue weighted by atomic mass is 79.9. The molecule has 2 rings (SSSR count). The van der Waals surface area contributed by atoms with Crippen LogP contribution >= 0.6 is 27.3 Å². The molecular formula is C9H7BrN2O2S. The highest BCUT2D eigenvalue weighted by molar-refractivity contribution is 9.11. The first kappa shape index (κ1) is 10.4. The van der Waals surface area contributed by atoms with Gasteiger partial charge in [0.2, 0.25) is 0 Å². The zero-order valence-corrected chi connectivity index (χ0v) is 10.2. The second kappa shape index (κ2) is 4.59. The summed E-state index contributed by atoms with van der Waals surface area (Å²) in [5.41, 5.74) is 0. The van der Waals surface area contributed by atoms with Crippen LogP contribution in [0.1, 0.15) is 0 Å². The number of hydrogen-bond acceptors (Lipinski definition) is 5. The molecule has 0 aliphatic carbocycles. The summed E-state index contributed by atoms with van der Waals surface area (Å²) in [7, 11) is 1.62. The lowest BCUT2D eigenvalue weighted by Crippen LogP contribution is -1.85. The van der Waals surface area contributed by atoms with Crippen LogP contribution in [0.4, 0.5) is 0 Å². The van der Waals surface area contributed by atoms with Gasteiger partial charge in [-0.3, -0.25) is 0 Å². The standard InChI is InChI=1S/C9H7BrN2O2S/c1-13-6-2-4-7(5-3-6)14-9-12-11-8(10)15-9/h2-5H,1H3. The zero-order chi connectivity index (χ0) is 10.7. The molecule has 15 heavy (non-hydrogen) atoms. The van der Waals surface area contributed by atoms with E-state index in [-0.39, 0.29) is 0 Å². The topological polar surface area (TPSA) is 44.2 Å². The lowest BCUT2D eigenvalue weighted by atomic mass is 10.3. The van der Waals surface area contributed by atoms with Crippen LogP contribution in [0.25, 0.3) is 0 Å². The normalized spacial score (nSPS) is 10.0. The third kappa shape index (κ3) is 2.66. The van der Waals surface area contributed by atoms with Crippen molar-refractivity contribution in [3.05, 3.63) is 28.2 Å². The summed E-state index contributed by atoms with van der Waals surface area (Å²) in [6.45, 7) is 0. The Morgan fingerprint density at radius 1 is 1.13 bits per heavy atom. The Kier molecular flexibility index (Phi) is 3.17. The average molecular weight is 287 g/mol. The molecule has 0 spiro atoms. The van der Waals surface area contributed by atoms with Crippen molar-refractivity contribution in [3.63, 3.8) is 0 Å². The summed E-state index contributed by atoms with van der Waals surface area (Å²) in [4.78, 5) is 0. The van der Waals surface area contributed by atoms with E-state index in [2.05, 4.69) is 26.1 Å². The summed E-state index contributed by atoms with van der Waals surface area (Å²) in [5, 5.41) is 8.11. The van der Waals surface area contributed by atoms with Crippen molar-refractivity contribution in [2.24, 2.45) is 0 Å². The fraction of sp³-hybridized carbons (Fsp3) is 0.111. The number of rotatable bonds is 3. The summed E-state index contributed by atoms with van der Waals surface area (Å²) in [5.74, 6) is 1.50. The van der Waals surface area contributed by atoms with E-state index in [0.717, 1.165) is 5.75 Å². The predicted octanol–water partition coefficient (Wildman–Crippen LogP) is 3.10. The van der Waals surface area contributed by atoms with E-state index in [1.54, 1.807) is 7.11 Å². The lowest BCUT2D eigenvalue weighted by molar-refractivity contribution is 0.412. The van der Waals surface area contributed by atoms with Gasteiger partial charge in [0.05, 0.1) is 7.11 Å². The predicted molar refractivity (Wildman–Crippen MR) is 60.7 cm³/mol. The largest absolute Gasteiger partial charge is 0.497 e. The number of hydrogen-bond donors (Lipinski definition) is 0. The minimum atomic E-state index is 0.507. The van der Waals surface area contributed by atoms with Crippen LogP contribution < -0.4 is 9.47 Å². The Hall–Kier alpha value is -1.14. The van der Waals surface area contributed by atoms with Crippen LogP contribution in [0.3, 0.4) is 0 Å². The van der Waals surface area contributed by atoms with Gasteiger partial charge in [-0.15, -0.1) is 5.10 Å². The van der Waals surface area contributed by atoms with E-state index in [9.17, 15) is 0 Å². The molecule has 1 aromatic carbocycles. The van der Waals surface area contributed by atoms with Crippen LogP contribution in [0.15, 0.2) is 28.2 Å². The number of methoxy groups -OCH3 is 1. The monoisotopic (exact) mass is 286 g/mol. The van der Waals surface area contributed by atoms with Crippen LogP contribution in [0, 0.1) is 0 Å².